The van der Waals surface area contributed by atoms with E-state index in [1.807, 2.05) is 6.92 Å². The largest absolute Gasteiger partial charge is 0.492 e. The average Bonchev–Trinajstić information content (AvgIpc) is 2.65. The fourth-order valence-electron chi connectivity index (χ4n) is 2.15. The number of aryl methyl sites for hydroxylation is 1. The molecule has 1 aromatic heterocycles. The molecule has 2 aromatic rings. The highest BCUT2D eigenvalue weighted by atomic mass is 35.5. The number of nitrogens with one attached hydrogen (secondary N) is 1. The summed E-state index contributed by atoms with van der Waals surface area (Å²) in [5, 5.41) is 7.52. The first-order valence-corrected chi connectivity index (χ1v) is 8.73. The summed E-state index contributed by atoms with van der Waals surface area (Å²) in [6.45, 7) is 3.20. The standard InChI is InChI=1S/C17H19Cl2N3O4/c1-3-22-16(23)15(19)13(10-21-22)20-7-4-8-26-14-6-5-11(9-12(14)18)17(24)25-2/h5-6,9-10,20H,3-4,7-8H2,1-2H3. The first-order valence-electron chi connectivity index (χ1n) is 7.98. The summed E-state index contributed by atoms with van der Waals surface area (Å²) in [4.78, 5) is 23.3. The summed E-state index contributed by atoms with van der Waals surface area (Å²) in [6, 6.07) is 4.70. The van der Waals surface area contributed by atoms with Crippen molar-refractivity contribution in [3.8, 4) is 5.75 Å². The molecule has 0 aliphatic carbocycles. The monoisotopic (exact) mass is 399 g/mol. The Kier molecular flexibility index (Phi) is 7.29. The maximum absolute atomic E-state index is 11.9. The van der Waals surface area contributed by atoms with Gasteiger partial charge in [0.05, 0.1) is 36.2 Å². The fourth-order valence-corrected chi connectivity index (χ4v) is 2.60. The number of anilines is 1. The van der Waals surface area contributed by atoms with Gasteiger partial charge >= 0.3 is 5.97 Å². The molecular weight excluding hydrogens is 381 g/mol. The van der Waals surface area contributed by atoms with E-state index in [0.29, 0.717) is 48.1 Å². The van der Waals surface area contributed by atoms with Crippen LogP contribution in [0.5, 0.6) is 5.75 Å². The highest BCUT2D eigenvalue weighted by Crippen LogP contribution is 2.26. The highest BCUT2D eigenvalue weighted by molar-refractivity contribution is 6.33. The topological polar surface area (TPSA) is 82.4 Å². The van der Waals surface area contributed by atoms with Crippen molar-refractivity contribution >= 4 is 34.9 Å². The number of carbonyl (C=O) groups excluding carboxylic acids is 1. The Bertz CT molecular complexity index is 839. The number of esters is 1. The lowest BCUT2D eigenvalue weighted by Gasteiger charge is -2.11. The van der Waals surface area contributed by atoms with Crippen molar-refractivity contribution in [1.82, 2.24) is 9.78 Å². The predicted molar refractivity (Wildman–Crippen MR) is 101 cm³/mol. The zero-order valence-electron chi connectivity index (χ0n) is 14.4. The second kappa shape index (κ2) is 9.45. The van der Waals surface area contributed by atoms with Crippen molar-refractivity contribution in [2.45, 2.75) is 19.9 Å². The van der Waals surface area contributed by atoms with Gasteiger partial charge in [-0.25, -0.2) is 9.48 Å². The number of hydrogen-bond acceptors (Lipinski definition) is 6. The number of aromatic nitrogens is 2. The van der Waals surface area contributed by atoms with Gasteiger partial charge in [0.2, 0.25) is 0 Å². The lowest BCUT2D eigenvalue weighted by Crippen LogP contribution is -2.23. The van der Waals surface area contributed by atoms with E-state index >= 15 is 0 Å². The molecule has 0 spiro atoms. The molecule has 9 heteroatoms. The summed E-state index contributed by atoms with van der Waals surface area (Å²) < 4.78 is 11.5. The Labute approximate surface area is 160 Å². The normalized spacial score (nSPS) is 10.5. The zero-order chi connectivity index (χ0) is 19.1. The molecule has 0 aliphatic rings. The van der Waals surface area contributed by atoms with E-state index in [-0.39, 0.29) is 10.6 Å². The van der Waals surface area contributed by atoms with Crippen LogP contribution < -0.4 is 15.6 Å². The van der Waals surface area contributed by atoms with Crippen molar-refractivity contribution in [2.75, 3.05) is 25.6 Å². The quantitative estimate of drug-likeness (QED) is 0.541. The Morgan fingerprint density at radius 2 is 2.12 bits per heavy atom. The minimum atomic E-state index is -0.460. The molecule has 0 fully saturated rings. The third-order valence-electron chi connectivity index (χ3n) is 3.53. The molecule has 0 saturated carbocycles. The number of carbonyl (C=O) groups is 1. The molecule has 7 nitrogen and oxygen atoms in total. The highest BCUT2D eigenvalue weighted by Gasteiger charge is 2.10. The second-order valence-electron chi connectivity index (χ2n) is 5.26. The molecular formula is C17H19Cl2N3O4. The van der Waals surface area contributed by atoms with Crippen LogP contribution in [-0.4, -0.2) is 36.0 Å². The molecule has 0 unspecified atom stereocenters. The molecule has 140 valence electrons. The number of ether oxygens (including phenoxy) is 2. The molecule has 0 saturated heterocycles. The van der Waals surface area contributed by atoms with E-state index in [4.69, 9.17) is 27.9 Å². The van der Waals surface area contributed by atoms with Crippen LogP contribution in [0.25, 0.3) is 0 Å². The van der Waals surface area contributed by atoms with Crippen molar-refractivity contribution in [2.24, 2.45) is 0 Å². The van der Waals surface area contributed by atoms with Crippen molar-refractivity contribution in [1.29, 1.82) is 0 Å². The molecule has 1 N–H and O–H groups in total. The van der Waals surface area contributed by atoms with Gasteiger partial charge in [-0.1, -0.05) is 23.2 Å². The summed E-state index contributed by atoms with van der Waals surface area (Å²) in [5.74, 6) is 0.0164. The number of benzene rings is 1. The maximum atomic E-state index is 11.9. The van der Waals surface area contributed by atoms with Crippen molar-refractivity contribution in [3.63, 3.8) is 0 Å². The first-order chi connectivity index (χ1) is 12.5. The third kappa shape index (κ3) is 4.89. The number of rotatable bonds is 8. The minimum Gasteiger partial charge on any atom is -0.492 e. The van der Waals surface area contributed by atoms with Crippen LogP contribution in [-0.2, 0) is 11.3 Å². The van der Waals surface area contributed by atoms with Crippen molar-refractivity contribution < 1.29 is 14.3 Å². The lowest BCUT2D eigenvalue weighted by atomic mass is 10.2. The van der Waals surface area contributed by atoms with Crippen LogP contribution in [0.1, 0.15) is 23.7 Å². The third-order valence-corrected chi connectivity index (χ3v) is 4.19. The SMILES string of the molecule is CCn1ncc(NCCCOc2ccc(C(=O)OC)cc2Cl)c(Cl)c1=O. The van der Waals surface area contributed by atoms with E-state index < -0.39 is 5.97 Å². The van der Waals surface area contributed by atoms with E-state index in [1.165, 1.54) is 24.1 Å². The average molecular weight is 400 g/mol. The second-order valence-corrected chi connectivity index (χ2v) is 6.04. The maximum Gasteiger partial charge on any atom is 0.337 e. The van der Waals surface area contributed by atoms with Gasteiger partial charge < -0.3 is 14.8 Å². The summed E-state index contributed by atoms with van der Waals surface area (Å²) >= 11 is 12.1. The Hall–Kier alpha value is -2.25. The van der Waals surface area contributed by atoms with Crippen LogP contribution in [0.15, 0.2) is 29.2 Å². The fraction of sp³-hybridized carbons (Fsp3) is 0.353. The molecule has 0 bridgehead atoms. The predicted octanol–water partition coefficient (Wildman–Crippen LogP) is 3.24. The van der Waals surface area contributed by atoms with Gasteiger partial charge in [-0.3, -0.25) is 4.79 Å². The first kappa shape index (κ1) is 20.1. The summed E-state index contributed by atoms with van der Waals surface area (Å²) in [7, 11) is 1.31. The van der Waals surface area contributed by atoms with Gasteiger partial charge in [-0.05, 0) is 31.5 Å². The number of halogens is 2. The van der Waals surface area contributed by atoms with Crippen LogP contribution >= 0.6 is 23.2 Å². The number of methoxy groups -OCH3 is 1. The molecule has 1 heterocycles. The smallest absolute Gasteiger partial charge is 0.337 e. The molecule has 0 amide bonds. The van der Waals surface area contributed by atoms with E-state index in [0.717, 1.165) is 0 Å². The van der Waals surface area contributed by atoms with Crippen LogP contribution in [0, 0.1) is 0 Å². The van der Waals surface area contributed by atoms with Crippen LogP contribution in [0.4, 0.5) is 5.69 Å². The molecule has 26 heavy (non-hydrogen) atoms. The van der Waals surface area contributed by atoms with E-state index in [1.54, 1.807) is 12.1 Å². The van der Waals surface area contributed by atoms with E-state index in [9.17, 15) is 9.59 Å². The zero-order valence-corrected chi connectivity index (χ0v) is 15.9. The minimum absolute atomic E-state index is 0.115. The van der Waals surface area contributed by atoms with Crippen LogP contribution in [0.3, 0.4) is 0 Å². The molecule has 0 radical (unpaired) electrons. The number of hydrogen-bond donors (Lipinski definition) is 1. The Morgan fingerprint density at radius 1 is 1.35 bits per heavy atom. The Morgan fingerprint density at radius 3 is 2.77 bits per heavy atom. The van der Waals surface area contributed by atoms with Gasteiger partial charge in [-0.2, -0.15) is 5.10 Å². The number of nitrogens with zero attached hydrogens (tertiary/aromatic N) is 2. The molecule has 0 aliphatic heterocycles. The van der Waals surface area contributed by atoms with Gasteiger partial charge in [0.25, 0.3) is 5.56 Å². The van der Waals surface area contributed by atoms with Crippen molar-refractivity contribution in [3.05, 3.63) is 50.4 Å². The van der Waals surface area contributed by atoms with Crippen LogP contribution in [0.2, 0.25) is 10.0 Å². The molecule has 2 rings (SSSR count). The summed E-state index contributed by atoms with van der Waals surface area (Å²) in [6.07, 6.45) is 2.17. The summed E-state index contributed by atoms with van der Waals surface area (Å²) in [5.41, 5.74) is 0.519. The van der Waals surface area contributed by atoms with Gasteiger partial charge in [0, 0.05) is 13.1 Å². The Balaban J connectivity index is 1.84. The molecule has 1 aromatic carbocycles. The lowest BCUT2D eigenvalue weighted by molar-refractivity contribution is 0.0600. The van der Waals surface area contributed by atoms with Gasteiger partial charge in [0.1, 0.15) is 10.8 Å². The van der Waals surface area contributed by atoms with Gasteiger partial charge in [0.15, 0.2) is 0 Å². The van der Waals surface area contributed by atoms with Gasteiger partial charge in [-0.15, -0.1) is 0 Å². The molecule has 0 atom stereocenters. The van der Waals surface area contributed by atoms with E-state index in [2.05, 4.69) is 15.2 Å².